The number of nitrogens with one attached hydrogen (secondary N) is 1. The van der Waals surface area contributed by atoms with E-state index >= 15 is 0 Å². The molecule has 1 aliphatic heterocycles. The summed E-state index contributed by atoms with van der Waals surface area (Å²) in [7, 11) is 0. The summed E-state index contributed by atoms with van der Waals surface area (Å²) in [5, 5.41) is 11.2. The average molecular weight is 414 g/mol. The molecule has 0 saturated heterocycles. The van der Waals surface area contributed by atoms with Crippen LogP contribution in [0.2, 0.25) is 0 Å². The van der Waals surface area contributed by atoms with Crippen LogP contribution < -0.4 is 10.2 Å². The Kier molecular flexibility index (Phi) is 4.92. The van der Waals surface area contributed by atoms with E-state index in [1.165, 1.54) is 12.1 Å². The number of aromatic nitrogens is 2. The quantitative estimate of drug-likeness (QED) is 0.525. The zero-order chi connectivity index (χ0) is 21.2. The second kappa shape index (κ2) is 8.02. The molecule has 0 saturated carbocycles. The fourth-order valence-corrected chi connectivity index (χ4v) is 3.74. The van der Waals surface area contributed by atoms with Crippen molar-refractivity contribution in [2.24, 2.45) is 0 Å². The Balaban J connectivity index is 1.43. The van der Waals surface area contributed by atoms with Gasteiger partial charge in [-0.25, -0.2) is 4.39 Å². The number of carbonyl (C=O) groups is 1. The standard InChI is InChI=1S/C24H19FN4O2/c25-18-12-10-16(11-13-18)23-27-28-24(31-23)26-20-15-29(19-7-2-1-3-8-19)21-9-5-4-6-17(21)14-22(20)30/h1-13,20H,14-15H2,(H,26,28)/t20-/m0/s1. The third kappa shape index (κ3) is 3.90. The van der Waals surface area contributed by atoms with Crippen molar-refractivity contribution in [1.82, 2.24) is 10.2 Å². The monoisotopic (exact) mass is 414 g/mol. The lowest BCUT2D eigenvalue weighted by molar-refractivity contribution is -0.118. The van der Waals surface area contributed by atoms with E-state index < -0.39 is 6.04 Å². The number of benzene rings is 3. The lowest BCUT2D eigenvalue weighted by Gasteiger charge is -2.27. The van der Waals surface area contributed by atoms with Gasteiger partial charge >= 0.3 is 6.01 Å². The minimum absolute atomic E-state index is 0.0346. The molecule has 154 valence electrons. The van der Waals surface area contributed by atoms with Crippen LogP contribution >= 0.6 is 0 Å². The van der Waals surface area contributed by atoms with Gasteiger partial charge in [0.15, 0.2) is 5.78 Å². The van der Waals surface area contributed by atoms with Crippen molar-refractivity contribution >= 4 is 23.2 Å². The summed E-state index contributed by atoms with van der Waals surface area (Å²) in [5.74, 6) is -0.0505. The van der Waals surface area contributed by atoms with Gasteiger partial charge in [-0.05, 0) is 48.0 Å². The molecule has 0 aliphatic carbocycles. The van der Waals surface area contributed by atoms with Crippen LogP contribution in [0.4, 0.5) is 21.8 Å². The Hall–Kier alpha value is -4.00. The van der Waals surface area contributed by atoms with Gasteiger partial charge in [0.25, 0.3) is 0 Å². The molecule has 0 spiro atoms. The first kappa shape index (κ1) is 19.0. The van der Waals surface area contributed by atoms with Gasteiger partial charge in [-0.3, -0.25) is 4.79 Å². The molecule has 0 unspecified atom stereocenters. The number of anilines is 3. The van der Waals surface area contributed by atoms with Crippen LogP contribution in [0.3, 0.4) is 0 Å². The van der Waals surface area contributed by atoms with Crippen molar-refractivity contribution < 1.29 is 13.6 Å². The maximum Gasteiger partial charge on any atom is 0.316 e. The number of hydrogen-bond donors (Lipinski definition) is 1. The smallest absolute Gasteiger partial charge is 0.316 e. The van der Waals surface area contributed by atoms with Gasteiger partial charge in [-0.1, -0.05) is 41.5 Å². The Labute approximate surface area is 178 Å². The highest BCUT2D eigenvalue weighted by Crippen LogP contribution is 2.32. The second-order valence-corrected chi connectivity index (χ2v) is 7.33. The molecule has 0 bridgehead atoms. The minimum Gasteiger partial charge on any atom is -0.403 e. The molecule has 0 amide bonds. The Bertz CT molecular complexity index is 1210. The normalized spacial score (nSPS) is 16.0. The zero-order valence-electron chi connectivity index (χ0n) is 16.5. The van der Waals surface area contributed by atoms with Gasteiger partial charge in [-0.15, -0.1) is 5.10 Å². The molecule has 6 nitrogen and oxygen atoms in total. The fraction of sp³-hybridized carbons (Fsp3) is 0.125. The summed E-state index contributed by atoms with van der Waals surface area (Å²) in [5.41, 5.74) is 3.57. The summed E-state index contributed by atoms with van der Waals surface area (Å²) in [4.78, 5) is 15.2. The van der Waals surface area contributed by atoms with E-state index in [1.807, 2.05) is 54.6 Å². The molecule has 4 aromatic rings. The number of halogens is 1. The molecule has 0 radical (unpaired) electrons. The number of nitrogens with zero attached hydrogens (tertiary/aromatic N) is 3. The topological polar surface area (TPSA) is 71.3 Å². The highest BCUT2D eigenvalue weighted by atomic mass is 19.1. The molecular formula is C24H19FN4O2. The Morgan fingerprint density at radius 1 is 0.935 bits per heavy atom. The number of para-hydroxylation sites is 2. The molecule has 1 aliphatic rings. The van der Waals surface area contributed by atoms with Crippen LogP contribution in [-0.2, 0) is 11.2 Å². The molecule has 0 fully saturated rings. The summed E-state index contributed by atoms with van der Waals surface area (Å²) in [6.45, 7) is 0.411. The van der Waals surface area contributed by atoms with Gasteiger partial charge < -0.3 is 14.6 Å². The van der Waals surface area contributed by atoms with Crippen molar-refractivity contribution in [2.75, 3.05) is 16.8 Å². The number of carbonyl (C=O) groups excluding carboxylic acids is 1. The van der Waals surface area contributed by atoms with Crippen LogP contribution in [0.5, 0.6) is 0 Å². The number of fused-ring (bicyclic) bond motifs is 1. The molecule has 7 heteroatoms. The molecular weight excluding hydrogens is 395 g/mol. The van der Waals surface area contributed by atoms with E-state index in [0.29, 0.717) is 18.5 Å². The molecule has 5 rings (SSSR count). The highest BCUT2D eigenvalue weighted by Gasteiger charge is 2.30. The third-order valence-electron chi connectivity index (χ3n) is 5.28. The Morgan fingerprint density at radius 3 is 2.48 bits per heavy atom. The van der Waals surface area contributed by atoms with Crippen molar-refractivity contribution in [2.45, 2.75) is 12.5 Å². The van der Waals surface area contributed by atoms with E-state index in [4.69, 9.17) is 4.42 Å². The third-order valence-corrected chi connectivity index (χ3v) is 5.28. The van der Waals surface area contributed by atoms with Gasteiger partial charge in [-0.2, -0.15) is 0 Å². The lowest BCUT2D eigenvalue weighted by atomic mass is 10.0. The summed E-state index contributed by atoms with van der Waals surface area (Å²) < 4.78 is 18.9. The molecule has 1 N–H and O–H groups in total. The van der Waals surface area contributed by atoms with Gasteiger partial charge in [0.1, 0.15) is 11.9 Å². The first-order valence-corrected chi connectivity index (χ1v) is 9.96. The van der Waals surface area contributed by atoms with E-state index in [9.17, 15) is 9.18 Å². The second-order valence-electron chi connectivity index (χ2n) is 7.33. The lowest BCUT2D eigenvalue weighted by Crippen LogP contribution is -2.39. The largest absolute Gasteiger partial charge is 0.403 e. The molecule has 1 atom stereocenters. The van der Waals surface area contributed by atoms with E-state index in [-0.39, 0.29) is 23.5 Å². The van der Waals surface area contributed by atoms with Gasteiger partial charge in [0, 0.05) is 23.4 Å². The molecule has 3 aromatic carbocycles. The van der Waals surface area contributed by atoms with Crippen molar-refractivity contribution in [3.8, 4) is 11.5 Å². The van der Waals surface area contributed by atoms with E-state index in [1.54, 1.807) is 12.1 Å². The predicted octanol–water partition coefficient (Wildman–Crippen LogP) is 4.62. The van der Waals surface area contributed by atoms with Crippen LogP contribution in [0, 0.1) is 5.82 Å². The SMILES string of the molecule is O=C1Cc2ccccc2N(c2ccccc2)C[C@@H]1Nc1nnc(-c2ccc(F)cc2)o1. The highest BCUT2D eigenvalue weighted by molar-refractivity contribution is 5.92. The zero-order valence-corrected chi connectivity index (χ0v) is 16.5. The maximum absolute atomic E-state index is 13.2. The first-order valence-electron chi connectivity index (χ1n) is 9.96. The number of ketones is 1. The minimum atomic E-state index is -0.547. The molecule has 31 heavy (non-hydrogen) atoms. The molecule has 1 aromatic heterocycles. The van der Waals surface area contributed by atoms with Crippen molar-refractivity contribution in [3.05, 3.63) is 90.2 Å². The van der Waals surface area contributed by atoms with Crippen LogP contribution in [0.15, 0.2) is 83.3 Å². The van der Waals surface area contributed by atoms with Gasteiger partial charge in [0.05, 0.1) is 6.54 Å². The van der Waals surface area contributed by atoms with Crippen molar-refractivity contribution in [1.29, 1.82) is 0 Å². The summed E-state index contributed by atoms with van der Waals surface area (Å²) in [6, 6.07) is 23.3. The van der Waals surface area contributed by atoms with Crippen LogP contribution in [0.25, 0.3) is 11.5 Å². The van der Waals surface area contributed by atoms with E-state index in [2.05, 4.69) is 20.4 Å². The summed E-state index contributed by atoms with van der Waals surface area (Å²) in [6.07, 6.45) is 0.302. The van der Waals surface area contributed by atoms with Crippen molar-refractivity contribution in [3.63, 3.8) is 0 Å². The summed E-state index contributed by atoms with van der Waals surface area (Å²) >= 11 is 0. The first-order chi connectivity index (χ1) is 15.2. The predicted molar refractivity (Wildman–Crippen MR) is 116 cm³/mol. The Morgan fingerprint density at radius 2 is 1.68 bits per heavy atom. The average Bonchev–Trinajstić information content (AvgIpc) is 3.21. The number of Topliss-reactive ketones (excluding diaryl/α,β-unsaturated/α-hetero) is 1. The van der Waals surface area contributed by atoms with Crippen LogP contribution in [-0.4, -0.2) is 28.6 Å². The number of hydrogen-bond acceptors (Lipinski definition) is 6. The van der Waals surface area contributed by atoms with E-state index in [0.717, 1.165) is 16.9 Å². The fourth-order valence-electron chi connectivity index (χ4n) is 3.74. The van der Waals surface area contributed by atoms with Gasteiger partial charge in [0.2, 0.25) is 5.89 Å². The number of rotatable bonds is 4. The molecule has 2 heterocycles. The maximum atomic E-state index is 13.2. The van der Waals surface area contributed by atoms with Crippen LogP contribution in [0.1, 0.15) is 5.56 Å².